The first kappa shape index (κ1) is 20.9. The molecule has 1 aromatic carbocycles. The number of carbonyl (C=O) groups excluding carboxylic acids is 3. The number of esters is 1. The van der Waals surface area contributed by atoms with Crippen LogP contribution in [-0.4, -0.2) is 36.0 Å². The Labute approximate surface area is 165 Å². The zero-order chi connectivity index (χ0) is 19.6. The molecule has 2 rings (SSSR count). The monoisotopic (exact) mass is 407 g/mol. The number of nitrogens with zero attached hydrogens (tertiary/aromatic N) is 1. The molecular weight excluding hydrogens is 386 g/mol. The molecule has 2 N–H and O–H groups in total. The second-order valence-corrected chi connectivity index (χ2v) is 7.55. The van der Waals surface area contributed by atoms with Gasteiger partial charge in [-0.3, -0.25) is 14.9 Å². The highest BCUT2D eigenvalue weighted by molar-refractivity contribution is 8.01. The number of urea groups is 1. The van der Waals surface area contributed by atoms with Crippen molar-refractivity contribution >= 4 is 41.0 Å². The van der Waals surface area contributed by atoms with Crippen molar-refractivity contribution in [3.8, 4) is 0 Å². The molecule has 3 amide bonds. The van der Waals surface area contributed by atoms with E-state index in [4.69, 9.17) is 4.74 Å². The first-order valence-electron chi connectivity index (χ1n) is 8.43. The lowest BCUT2D eigenvalue weighted by Crippen LogP contribution is -2.41. The second kappa shape index (κ2) is 10.7. The lowest BCUT2D eigenvalue weighted by Gasteiger charge is -2.15. The van der Waals surface area contributed by atoms with Crippen LogP contribution in [0.1, 0.15) is 30.4 Å². The van der Waals surface area contributed by atoms with Crippen LogP contribution in [0.5, 0.6) is 0 Å². The van der Waals surface area contributed by atoms with Gasteiger partial charge in [0.15, 0.2) is 4.34 Å². The molecule has 7 nitrogen and oxygen atoms in total. The van der Waals surface area contributed by atoms with Crippen LogP contribution < -0.4 is 10.6 Å². The van der Waals surface area contributed by atoms with Gasteiger partial charge in [-0.25, -0.2) is 9.78 Å². The fraction of sp³-hybridized carbons (Fsp3) is 0.333. The molecule has 1 aromatic heterocycles. The van der Waals surface area contributed by atoms with Gasteiger partial charge in [-0.05, 0) is 19.4 Å². The van der Waals surface area contributed by atoms with Gasteiger partial charge < -0.3 is 10.1 Å². The Hall–Kier alpha value is -2.39. The molecule has 0 spiro atoms. The summed E-state index contributed by atoms with van der Waals surface area (Å²) < 4.78 is 5.55. The molecule has 0 saturated carbocycles. The van der Waals surface area contributed by atoms with E-state index in [-0.39, 0.29) is 12.4 Å². The number of hydrogen-bond acceptors (Lipinski definition) is 7. The number of ether oxygens (including phenoxy) is 1. The largest absolute Gasteiger partial charge is 0.466 e. The maximum Gasteiger partial charge on any atom is 0.321 e. The van der Waals surface area contributed by atoms with E-state index in [1.807, 2.05) is 30.3 Å². The van der Waals surface area contributed by atoms with E-state index in [2.05, 4.69) is 15.6 Å². The molecular formula is C18H21N3O4S2. The van der Waals surface area contributed by atoms with Crippen LogP contribution in [-0.2, 0) is 20.7 Å². The molecule has 144 valence electrons. The Kier molecular flexibility index (Phi) is 8.28. The first-order valence-corrected chi connectivity index (χ1v) is 10.2. The third-order valence-corrected chi connectivity index (χ3v) is 5.57. The minimum atomic E-state index is -0.643. The predicted molar refractivity (Wildman–Crippen MR) is 105 cm³/mol. The Balaban J connectivity index is 2.13. The van der Waals surface area contributed by atoms with Crippen molar-refractivity contribution in [2.24, 2.45) is 0 Å². The van der Waals surface area contributed by atoms with Gasteiger partial charge in [0, 0.05) is 11.9 Å². The summed E-state index contributed by atoms with van der Waals surface area (Å²) in [5, 5.41) is 6.01. The third kappa shape index (κ3) is 6.69. The molecule has 9 heteroatoms. The Morgan fingerprint density at radius 3 is 2.63 bits per heavy atom. The molecule has 2 aromatic rings. The summed E-state index contributed by atoms with van der Waals surface area (Å²) in [7, 11) is 0. The lowest BCUT2D eigenvalue weighted by molar-refractivity contribution is -0.142. The predicted octanol–water partition coefficient (Wildman–Crippen LogP) is 2.93. The average molecular weight is 408 g/mol. The highest BCUT2D eigenvalue weighted by atomic mass is 32.2. The van der Waals surface area contributed by atoms with Crippen molar-refractivity contribution < 1.29 is 19.1 Å². The van der Waals surface area contributed by atoms with Crippen LogP contribution in [0, 0.1) is 0 Å². The molecule has 27 heavy (non-hydrogen) atoms. The number of carbonyl (C=O) groups is 3. The van der Waals surface area contributed by atoms with Crippen molar-refractivity contribution in [2.75, 3.05) is 13.2 Å². The summed E-state index contributed by atoms with van der Waals surface area (Å²) in [6, 6.07) is 8.62. The van der Waals surface area contributed by atoms with Crippen molar-refractivity contribution in [3.63, 3.8) is 0 Å². The molecule has 0 radical (unpaired) electrons. The van der Waals surface area contributed by atoms with Gasteiger partial charge in [0.2, 0.25) is 5.91 Å². The Morgan fingerprint density at radius 2 is 1.96 bits per heavy atom. The van der Waals surface area contributed by atoms with Gasteiger partial charge >= 0.3 is 12.0 Å². The molecule has 0 unspecified atom stereocenters. The minimum absolute atomic E-state index is 0.0893. The average Bonchev–Trinajstić information content (AvgIpc) is 3.07. The maximum absolute atomic E-state index is 12.6. The van der Waals surface area contributed by atoms with Crippen LogP contribution in [0.4, 0.5) is 4.79 Å². The maximum atomic E-state index is 12.6. The zero-order valence-corrected chi connectivity index (χ0v) is 16.7. The van der Waals surface area contributed by atoms with Crippen molar-refractivity contribution in [2.45, 2.75) is 29.9 Å². The molecule has 0 aliphatic heterocycles. The quantitative estimate of drug-likeness (QED) is 0.516. The van der Waals surface area contributed by atoms with Crippen LogP contribution in [0.3, 0.4) is 0 Å². The number of rotatable bonds is 8. The standard InChI is InChI=1S/C18H21N3O4S2/c1-3-19-17(24)21-16(23)15(12-8-6-5-7-9-12)27-18-20-13(11-26-18)10-14(22)25-4-2/h5-9,11,15H,3-4,10H2,1-2H3,(H2,19,21,23,24)/t15-/m0/s1. The molecule has 0 fully saturated rings. The molecule has 1 atom stereocenters. The molecule has 1 heterocycles. The summed E-state index contributed by atoms with van der Waals surface area (Å²) in [5.41, 5.74) is 1.35. The third-order valence-electron chi connectivity index (χ3n) is 3.29. The van der Waals surface area contributed by atoms with Crippen molar-refractivity contribution in [1.82, 2.24) is 15.6 Å². The fourth-order valence-corrected chi connectivity index (χ4v) is 4.20. The van der Waals surface area contributed by atoms with Crippen molar-refractivity contribution in [3.05, 3.63) is 47.0 Å². The van der Waals surface area contributed by atoms with E-state index in [9.17, 15) is 14.4 Å². The number of amides is 3. The van der Waals surface area contributed by atoms with Gasteiger partial charge in [0.05, 0.1) is 18.7 Å². The number of thiazole rings is 1. The minimum Gasteiger partial charge on any atom is -0.466 e. The van der Waals surface area contributed by atoms with Crippen LogP contribution >= 0.6 is 23.1 Å². The highest BCUT2D eigenvalue weighted by Gasteiger charge is 2.25. The second-order valence-electron chi connectivity index (χ2n) is 5.34. The molecule has 0 aliphatic carbocycles. The topological polar surface area (TPSA) is 97.4 Å². The molecule has 0 aliphatic rings. The summed E-state index contributed by atoms with van der Waals surface area (Å²) in [6.07, 6.45) is 0.0893. The molecule has 0 bridgehead atoms. The number of thioether (sulfide) groups is 1. The summed E-state index contributed by atoms with van der Waals surface area (Å²) in [6.45, 7) is 4.26. The number of aromatic nitrogens is 1. The normalized spacial score (nSPS) is 11.5. The number of hydrogen-bond donors (Lipinski definition) is 2. The van der Waals surface area contributed by atoms with Crippen LogP contribution in [0.15, 0.2) is 40.1 Å². The number of imide groups is 1. The van der Waals surface area contributed by atoms with E-state index >= 15 is 0 Å². The van der Waals surface area contributed by atoms with Gasteiger partial charge in [-0.1, -0.05) is 42.1 Å². The van der Waals surface area contributed by atoms with Crippen LogP contribution in [0.25, 0.3) is 0 Å². The molecule has 0 saturated heterocycles. The Morgan fingerprint density at radius 1 is 1.22 bits per heavy atom. The first-order chi connectivity index (χ1) is 13.0. The van der Waals surface area contributed by atoms with Crippen molar-refractivity contribution in [1.29, 1.82) is 0 Å². The lowest BCUT2D eigenvalue weighted by atomic mass is 10.1. The van der Waals surface area contributed by atoms with Gasteiger partial charge in [0.1, 0.15) is 5.25 Å². The highest BCUT2D eigenvalue weighted by Crippen LogP contribution is 2.37. The summed E-state index contributed by atoms with van der Waals surface area (Å²) in [4.78, 5) is 40.3. The fourth-order valence-electron chi connectivity index (χ4n) is 2.17. The van der Waals surface area contributed by atoms with E-state index < -0.39 is 17.2 Å². The zero-order valence-electron chi connectivity index (χ0n) is 15.1. The summed E-state index contributed by atoms with van der Waals surface area (Å²) in [5.74, 6) is -0.771. The van der Waals surface area contributed by atoms with Gasteiger partial charge in [-0.2, -0.15) is 0 Å². The van der Waals surface area contributed by atoms with E-state index in [0.717, 1.165) is 5.56 Å². The van der Waals surface area contributed by atoms with Crippen LogP contribution in [0.2, 0.25) is 0 Å². The van der Waals surface area contributed by atoms with E-state index in [1.165, 1.54) is 23.1 Å². The van der Waals surface area contributed by atoms with E-state index in [1.54, 1.807) is 19.2 Å². The smallest absolute Gasteiger partial charge is 0.321 e. The Bertz CT molecular complexity index is 780. The summed E-state index contributed by atoms with van der Waals surface area (Å²) >= 11 is 2.58. The SMILES string of the molecule is CCNC(=O)NC(=O)[C@@H](Sc1nc(CC(=O)OCC)cs1)c1ccccc1. The number of nitrogens with one attached hydrogen (secondary N) is 2. The number of benzene rings is 1. The van der Waals surface area contributed by atoms with E-state index in [0.29, 0.717) is 23.2 Å². The van der Waals surface area contributed by atoms with Gasteiger partial charge in [-0.15, -0.1) is 11.3 Å². The van der Waals surface area contributed by atoms with Gasteiger partial charge in [0.25, 0.3) is 0 Å².